The minimum atomic E-state index is -0.531. The van der Waals surface area contributed by atoms with Crippen molar-refractivity contribution < 1.29 is 14.3 Å². The van der Waals surface area contributed by atoms with Crippen molar-refractivity contribution in [1.82, 2.24) is 5.32 Å². The zero-order valence-corrected chi connectivity index (χ0v) is 10.7. The fraction of sp³-hybridized carbons (Fsp3) is 0.333. The van der Waals surface area contributed by atoms with Crippen LogP contribution in [0.3, 0.4) is 0 Å². The number of methoxy groups -OCH3 is 1. The highest BCUT2D eigenvalue weighted by atomic mass is 16.5. The quantitative estimate of drug-likeness (QED) is 0.626. The van der Waals surface area contributed by atoms with E-state index in [9.17, 15) is 14.5 Å². The molecule has 0 bridgehead atoms. The molecule has 1 aromatic rings. The van der Waals surface area contributed by atoms with Crippen LogP contribution in [0.2, 0.25) is 0 Å². The summed E-state index contributed by atoms with van der Waals surface area (Å²) in [5.41, 5.74) is 1.31. The average Bonchev–Trinajstić information content (AvgIpc) is 2.44. The van der Waals surface area contributed by atoms with Crippen LogP contribution in [-0.2, 0) is 9.53 Å². The van der Waals surface area contributed by atoms with Crippen LogP contribution in [0, 0.1) is 4.91 Å². The van der Waals surface area contributed by atoms with E-state index in [1.165, 1.54) is 7.11 Å². The van der Waals surface area contributed by atoms with E-state index in [-0.39, 0.29) is 6.54 Å². The molecule has 0 aliphatic rings. The van der Waals surface area contributed by atoms with Crippen molar-refractivity contribution in [2.75, 3.05) is 19.0 Å². The van der Waals surface area contributed by atoms with E-state index in [1.54, 1.807) is 31.2 Å². The van der Waals surface area contributed by atoms with Crippen molar-refractivity contribution in [2.45, 2.75) is 13.0 Å². The molecule has 7 nitrogen and oxygen atoms in total. The number of hydrogen-bond acceptors (Lipinski definition) is 5. The first-order chi connectivity index (χ1) is 9.06. The van der Waals surface area contributed by atoms with Gasteiger partial charge >= 0.3 is 12.0 Å². The molecule has 0 saturated heterocycles. The smallest absolute Gasteiger partial charge is 0.325 e. The highest BCUT2D eigenvalue weighted by Gasteiger charge is 2.07. The second-order valence-corrected chi connectivity index (χ2v) is 3.79. The number of ether oxygens (including phenoxy) is 1. The van der Waals surface area contributed by atoms with E-state index in [0.717, 1.165) is 5.56 Å². The standard InChI is InChI=1S/C12H15N3O4/c1-8(15-18)9-3-5-10(6-4-9)14-12(17)13-7-11(16)19-2/h3-6,8H,7H2,1-2H3,(H2,13,14,17). The molecule has 0 fully saturated rings. The van der Waals surface area contributed by atoms with Crippen molar-refractivity contribution in [3.8, 4) is 0 Å². The van der Waals surface area contributed by atoms with Crippen molar-refractivity contribution in [1.29, 1.82) is 0 Å². The van der Waals surface area contributed by atoms with E-state index in [4.69, 9.17) is 0 Å². The molecule has 2 amide bonds. The third-order valence-corrected chi connectivity index (χ3v) is 2.43. The second kappa shape index (κ2) is 7.10. The van der Waals surface area contributed by atoms with Gasteiger partial charge in [-0.2, -0.15) is 4.91 Å². The molecule has 0 aliphatic heterocycles. The molecule has 1 unspecified atom stereocenters. The van der Waals surface area contributed by atoms with Crippen molar-refractivity contribution >= 4 is 17.7 Å². The van der Waals surface area contributed by atoms with Crippen LogP contribution in [0.4, 0.5) is 10.5 Å². The summed E-state index contributed by atoms with van der Waals surface area (Å²) in [7, 11) is 1.24. The fourth-order valence-electron chi connectivity index (χ4n) is 1.31. The Hall–Kier alpha value is -2.44. The van der Waals surface area contributed by atoms with Gasteiger partial charge in [0.2, 0.25) is 0 Å². The van der Waals surface area contributed by atoms with Gasteiger partial charge in [0.25, 0.3) is 0 Å². The fourth-order valence-corrected chi connectivity index (χ4v) is 1.31. The highest BCUT2D eigenvalue weighted by Crippen LogP contribution is 2.18. The van der Waals surface area contributed by atoms with Gasteiger partial charge in [-0.1, -0.05) is 17.3 Å². The van der Waals surface area contributed by atoms with Gasteiger partial charge < -0.3 is 15.4 Å². The average molecular weight is 265 g/mol. The summed E-state index contributed by atoms with van der Waals surface area (Å²) in [4.78, 5) is 32.6. The Bertz CT molecular complexity index is 459. The molecule has 0 saturated carbocycles. The number of esters is 1. The summed E-state index contributed by atoms with van der Waals surface area (Å²) in [5, 5.41) is 7.78. The number of nitroso groups, excluding NO2 is 1. The maximum absolute atomic E-state index is 11.4. The van der Waals surface area contributed by atoms with E-state index in [1.807, 2.05) is 0 Å². The number of anilines is 1. The monoisotopic (exact) mass is 265 g/mol. The van der Waals surface area contributed by atoms with Gasteiger partial charge in [-0.25, -0.2) is 4.79 Å². The summed E-state index contributed by atoms with van der Waals surface area (Å²) in [6.45, 7) is 1.48. The number of carbonyl (C=O) groups is 2. The third-order valence-electron chi connectivity index (χ3n) is 2.43. The summed E-state index contributed by atoms with van der Waals surface area (Å²) in [6.07, 6.45) is 0. The lowest BCUT2D eigenvalue weighted by Gasteiger charge is -2.08. The first-order valence-corrected chi connectivity index (χ1v) is 5.61. The van der Waals surface area contributed by atoms with Gasteiger partial charge in [-0.15, -0.1) is 0 Å². The van der Waals surface area contributed by atoms with Gasteiger partial charge in [-0.3, -0.25) is 4.79 Å². The first kappa shape index (κ1) is 14.6. The van der Waals surface area contributed by atoms with E-state index < -0.39 is 18.0 Å². The molecule has 0 spiro atoms. The van der Waals surface area contributed by atoms with Crippen LogP contribution in [0.25, 0.3) is 0 Å². The molecular weight excluding hydrogens is 250 g/mol. The summed E-state index contributed by atoms with van der Waals surface area (Å²) in [5.74, 6) is -0.531. The topological polar surface area (TPSA) is 96.9 Å². The number of nitrogens with one attached hydrogen (secondary N) is 2. The summed E-state index contributed by atoms with van der Waals surface area (Å²) < 4.78 is 4.38. The number of urea groups is 1. The van der Waals surface area contributed by atoms with Crippen LogP contribution >= 0.6 is 0 Å². The maximum Gasteiger partial charge on any atom is 0.325 e. The van der Waals surface area contributed by atoms with E-state index in [2.05, 4.69) is 20.5 Å². The van der Waals surface area contributed by atoms with Crippen LogP contribution in [0.15, 0.2) is 29.4 Å². The molecule has 0 heterocycles. The van der Waals surface area contributed by atoms with Gasteiger partial charge in [-0.05, 0) is 24.6 Å². The molecule has 0 aromatic heterocycles. The number of rotatable bonds is 5. The van der Waals surface area contributed by atoms with Crippen LogP contribution < -0.4 is 10.6 Å². The Kier molecular flexibility index (Phi) is 5.46. The van der Waals surface area contributed by atoms with Crippen LogP contribution in [0.1, 0.15) is 18.5 Å². The highest BCUT2D eigenvalue weighted by molar-refractivity contribution is 5.91. The van der Waals surface area contributed by atoms with Gasteiger partial charge in [0.05, 0.1) is 7.11 Å². The predicted molar refractivity (Wildman–Crippen MR) is 69.7 cm³/mol. The lowest BCUT2D eigenvalue weighted by molar-refractivity contribution is -0.139. The van der Waals surface area contributed by atoms with Gasteiger partial charge in [0.15, 0.2) is 0 Å². The molecule has 1 rings (SSSR count). The molecule has 102 valence electrons. The molecule has 2 N–H and O–H groups in total. The molecule has 0 aliphatic carbocycles. The molecule has 7 heteroatoms. The first-order valence-electron chi connectivity index (χ1n) is 5.61. The molecule has 1 atom stereocenters. The Labute approximate surface area is 110 Å². The lowest BCUT2D eigenvalue weighted by Crippen LogP contribution is -2.33. The molecular formula is C12H15N3O4. The minimum absolute atomic E-state index is 0.202. The van der Waals surface area contributed by atoms with Crippen LogP contribution in [0.5, 0.6) is 0 Å². The van der Waals surface area contributed by atoms with Crippen LogP contribution in [-0.4, -0.2) is 25.7 Å². The number of benzene rings is 1. The van der Waals surface area contributed by atoms with E-state index in [0.29, 0.717) is 5.69 Å². The second-order valence-electron chi connectivity index (χ2n) is 3.79. The van der Waals surface area contributed by atoms with Gasteiger partial charge in [0, 0.05) is 5.69 Å². The number of hydrogen-bond donors (Lipinski definition) is 2. The van der Waals surface area contributed by atoms with E-state index >= 15 is 0 Å². The van der Waals surface area contributed by atoms with Gasteiger partial charge in [0.1, 0.15) is 12.6 Å². The Morgan fingerprint density at radius 1 is 1.32 bits per heavy atom. The predicted octanol–water partition coefficient (Wildman–Crippen LogP) is 1.81. The van der Waals surface area contributed by atoms with Crippen molar-refractivity contribution in [3.63, 3.8) is 0 Å². The Morgan fingerprint density at radius 3 is 2.47 bits per heavy atom. The molecule has 1 aromatic carbocycles. The maximum atomic E-state index is 11.4. The minimum Gasteiger partial charge on any atom is -0.468 e. The van der Waals surface area contributed by atoms with Crippen molar-refractivity contribution in [2.24, 2.45) is 5.18 Å². The zero-order chi connectivity index (χ0) is 14.3. The Morgan fingerprint density at radius 2 is 1.95 bits per heavy atom. The molecule has 0 radical (unpaired) electrons. The van der Waals surface area contributed by atoms with Crippen molar-refractivity contribution in [3.05, 3.63) is 34.7 Å². The lowest BCUT2D eigenvalue weighted by atomic mass is 10.1. The summed E-state index contributed by atoms with van der Waals surface area (Å²) >= 11 is 0. The number of amides is 2. The summed E-state index contributed by atoms with van der Waals surface area (Å²) in [6, 6.07) is 5.75. The number of nitrogens with zero attached hydrogens (tertiary/aromatic N) is 1. The third kappa shape index (κ3) is 4.74. The zero-order valence-electron chi connectivity index (χ0n) is 10.7. The SMILES string of the molecule is COC(=O)CNC(=O)Nc1ccc(C(C)N=O)cc1. The Balaban J connectivity index is 2.51. The number of carbonyl (C=O) groups excluding carboxylic acids is 2. The largest absolute Gasteiger partial charge is 0.468 e. The molecule has 19 heavy (non-hydrogen) atoms. The normalized spacial score (nSPS) is 11.3.